The minimum absolute atomic E-state index is 0.165. The molecule has 0 aliphatic rings. The van der Waals surface area contributed by atoms with E-state index in [0.29, 0.717) is 16.8 Å². The predicted molar refractivity (Wildman–Crippen MR) is 74.7 cm³/mol. The highest BCUT2D eigenvalue weighted by molar-refractivity contribution is 6.05. The molecule has 0 radical (unpaired) electrons. The first-order valence-electron chi connectivity index (χ1n) is 5.75. The van der Waals surface area contributed by atoms with Crippen molar-refractivity contribution in [3.63, 3.8) is 0 Å². The van der Waals surface area contributed by atoms with Gasteiger partial charge in [-0.25, -0.2) is 0 Å². The lowest BCUT2D eigenvalue weighted by Crippen LogP contribution is -2.26. The van der Waals surface area contributed by atoms with Crippen molar-refractivity contribution in [1.82, 2.24) is 0 Å². The maximum Gasteiger partial charge on any atom is 0.258 e. The second-order valence-electron chi connectivity index (χ2n) is 4.15. The summed E-state index contributed by atoms with van der Waals surface area (Å²) < 4.78 is 0. The van der Waals surface area contributed by atoms with Crippen LogP contribution in [-0.2, 0) is 0 Å². The van der Waals surface area contributed by atoms with Crippen molar-refractivity contribution in [2.24, 2.45) is 0 Å². The third kappa shape index (κ3) is 2.72. The van der Waals surface area contributed by atoms with Crippen LogP contribution in [0.4, 0.5) is 11.4 Å². The molecule has 2 rings (SSSR count). The number of anilines is 2. The van der Waals surface area contributed by atoms with Crippen molar-refractivity contribution in [1.29, 1.82) is 5.26 Å². The van der Waals surface area contributed by atoms with Gasteiger partial charge in [0.05, 0.1) is 11.6 Å². The van der Waals surface area contributed by atoms with E-state index in [1.54, 1.807) is 55.6 Å². The van der Waals surface area contributed by atoms with Crippen LogP contribution in [0, 0.1) is 11.3 Å². The summed E-state index contributed by atoms with van der Waals surface area (Å²) in [7, 11) is 1.69. The fourth-order valence-electron chi connectivity index (χ4n) is 1.73. The van der Waals surface area contributed by atoms with Gasteiger partial charge in [-0.05, 0) is 42.5 Å². The van der Waals surface area contributed by atoms with E-state index in [4.69, 9.17) is 11.0 Å². The molecule has 2 aromatic carbocycles. The second kappa shape index (κ2) is 5.23. The molecule has 0 saturated heterocycles. The van der Waals surface area contributed by atoms with Crippen LogP contribution in [0.15, 0.2) is 48.5 Å². The van der Waals surface area contributed by atoms with Gasteiger partial charge in [-0.3, -0.25) is 4.79 Å². The maximum atomic E-state index is 12.3. The molecule has 2 N–H and O–H groups in total. The third-order valence-electron chi connectivity index (χ3n) is 2.82. The number of rotatable bonds is 2. The fourth-order valence-corrected chi connectivity index (χ4v) is 1.73. The monoisotopic (exact) mass is 251 g/mol. The number of nitriles is 1. The second-order valence-corrected chi connectivity index (χ2v) is 4.15. The van der Waals surface area contributed by atoms with Gasteiger partial charge in [-0.1, -0.05) is 6.07 Å². The highest BCUT2D eigenvalue weighted by Crippen LogP contribution is 2.17. The van der Waals surface area contributed by atoms with Gasteiger partial charge < -0.3 is 10.6 Å². The molecule has 4 heteroatoms. The minimum atomic E-state index is -0.165. The number of carbonyl (C=O) groups is 1. The Hall–Kier alpha value is -2.80. The van der Waals surface area contributed by atoms with E-state index >= 15 is 0 Å². The molecule has 0 unspecified atom stereocenters. The van der Waals surface area contributed by atoms with E-state index in [0.717, 1.165) is 5.69 Å². The normalized spacial score (nSPS) is 9.68. The number of hydrogen-bond donors (Lipinski definition) is 1. The van der Waals surface area contributed by atoms with Gasteiger partial charge in [0, 0.05) is 24.0 Å². The van der Waals surface area contributed by atoms with E-state index in [-0.39, 0.29) is 5.91 Å². The van der Waals surface area contributed by atoms with Crippen LogP contribution in [0.2, 0.25) is 0 Å². The van der Waals surface area contributed by atoms with Crippen LogP contribution in [0.25, 0.3) is 0 Å². The standard InChI is InChI=1S/C15H13N3O/c1-18(14-7-5-13(17)6-8-14)15(19)12-4-2-3-11(9-12)10-16/h2-9H,17H2,1H3. The number of carbonyl (C=O) groups excluding carboxylic acids is 1. The van der Waals surface area contributed by atoms with Crippen LogP contribution in [0.5, 0.6) is 0 Å². The average molecular weight is 251 g/mol. The summed E-state index contributed by atoms with van der Waals surface area (Å²) in [6.07, 6.45) is 0. The molecule has 0 fully saturated rings. The summed E-state index contributed by atoms with van der Waals surface area (Å²) in [4.78, 5) is 13.8. The third-order valence-corrected chi connectivity index (χ3v) is 2.82. The fraction of sp³-hybridized carbons (Fsp3) is 0.0667. The maximum absolute atomic E-state index is 12.3. The summed E-state index contributed by atoms with van der Waals surface area (Å²) in [5, 5.41) is 8.84. The molecule has 0 atom stereocenters. The van der Waals surface area contributed by atoms with E-state index in [1.165, 1.54) is 4.90 Å². The van der Waals surface area contributed by atoms with Crippen molar-refractivity contribution < 1.29 is 4.79 Å². The Kier molecular flexibility index (Phi) is 3.48. The average Bonchev–Trinajstić information content (AvgIpc) is 2.46. The van der Waals surface area contributed by atoms with Crippen molar-refractivity contribution in [3.05, 3.63) is 59.7 Å². The summed E-state index contributed by atoms with van der Waals surface area (Å²) in [6.45, 7) is 0. The van der Waals surface area contributed by atoms with Gasteiger partial charge >= 0.3 is 0 Å². The Bertz CT molecular complexity index is 641. The molecule has 0 heterocycles. The summed E-state index contributed by atoms with van der Waals surface area (Å²) in [6, 6.07) is 15.7. The minimum Gasteiger partial charge on any atom is -0.399 e. The smallest absolute Gasteiger partial charge is 0.258 e. The van der Waals surface area contributed by atoms with Crippen LogP contribution in [0.3, 0.4) is 0 Å². The summed E-state index contributed by atoms with van der Waals surface area (Å²) in [5.41, 5.74) is 7.97. The van der Waals surface area contributed by atoms with Gasteiger partial charge in [0.2, 0.25) is 0 Å². The molecule has 0 bridgehead atoms. The molecule has 2 aromatic rings. The van der Waals surface area contributed by atoms with Crippen molar-refractivity contribution >= 4 is 17.3 Å². The van der Waals surface area contributed by atoms with Crippen molar-refractivity contribution in [3.8, 4) is 6.07 Å². The van der Waals surface area contributed by atoms with Crippen LogP contribution < -0.4 is 10.6 Å². The van der Waals surface area contributed by atoms with E-state index < -0.39 is 0 Å². The molecule has 0 aromatic heterocycles. The molecule has 0 saturated carbocycles. The molecular weight excluding hydrogens is 238 g/mol. The van der Waals surface area contributed by atoms with E-state index in [1.807, 2.05) is 6.07 Å². The molecule has 19 heavy (non-hydrogen) atoms. The van der Waals surface area contributed by atoms with Gasteiger partial charge in [-0.2, -0.15) is 5.26 Å². The lowest BCUT2D eigenvalue weighted by Gasteiger charge is -2.17. The zero-order valence-corrected chi connectivity index (χ0v) is 10.5. The first kappa shape index (κ1) is 12.7. The van der Waals surface area contributed by atoms with Crippen LogP contribution in [-0.4, -0.2) is 13.0 Å². The summed E-state index contributed by atoms with van der Waals surface area (Å²) >= 11 is 0. The lowest BCUT2D eigenvalue weighted by atomic mass is 10.1. The quantitative estimate of drug-likeness (QED) is 0.833. The molecule has 4 nitrogen and oxygen atoms in total. The van der Waals surface area contributed by atoms with Gasteiger partial charge in [0.1, 0.15) is 0 Å². The first-order valence-corrected chi connectivity index (χ1v) is 5.75. The molecule has 0 aliphatic heterocycles. The lowest BCUT2D eigenvalue weighted by molar-refractivity contribution is 0.0993. The Balaban J connectivity index is 2.28. The SMILES string of the molecule is CN(C(=O)c1cccc(C#N)c1)c1ccc(N)cc1. The Labute approximate surface area is 111 Å². The highest BCUT2D eigenvalue weighted by Gasteiger charge is 2.13. The Morgan fingerprint density at radius 2 is 1.89 bits per heavy atom. The van der Waals surface area contributed by atoms with Crippen molar-refractivity contribution in [2.75, 3.05) is 17.7 Å². The van der Waals surface area contributed by atoms with Crippen LogP contribution in [0.1, 0.15) is 15.9 Å². The molecular formula is C15H13N3O. The van der Waals surface area contributed by atoms with Gasteiger partial charge in [-0.15, -0.1) is 0 Å². The number of benzene rings is 2. The van der Waals surface area contributed by atoms with Gasteiger partial charge in [0.15, 0.2) is 0 Å². The Morgan fingerprint density at radius 3 is 2.53 bits per heavy atom. The van der Waals surface area contributed by atoms with E-state index in [2.05, 4.69) is 0 Å². The largest absolute Gasteiger partial charge is 0.399 e. The Morgan fingerprint density at radius 1 is 1.21 bits per heavy atom. The topological polar surface area (TPSA) is 70.1 Å². The van der Waals surface area contributed by atoms with E-state index in [9.17, 15) is 4.79 Å². The molecule has 0 spiro atoms. The zero-order valence-electron chi connectivity index (χ0n) is 10.5. The van der Waals surface area contributed by atoms with Gasteiger partial charge in [0.25, 0.3) is 5.91 Å². The molecule has 0 aliphatic carbocycles. The predicted octanol–water partition coefficient (Wildman–Crippen LogP) is 2.42. The first-order chi connectivity index (χ1) is 9.11. The van der Waals surface area contributed by atoms with Crippen molar-refractivity contribution in [2.45, 2.75) is 0 Å². The molecule has 94 valence electrons. The van der Waals surface area contributed by atoms with Crippen LogP contribution >= 0.6 is 0 Å². The number of amides is 1. The number of hydrogen-bond acceptors (Lipinski definition) is 3. The zero-order chi connectivity index (χ0) is 13.8. The number of nitrogens with two attached hydrogens (primary N) is 1. The number of nitrogen functional groups attached to an aromatic ring is 1. The number of nitrogens with zero attached hydrogens (tertiary/aromatic N) is 2. The molecule has 1 amide bonds. The summed E-state index contributed by atoms with van der Waals surface area (Å²) in [5.74, 6) is -0.165. The highest BCUT2D eigenvalue weighted by atomic mass is 16.2.